The first-order chi connectivity index (χ1) is 9.86. The summed E-state index contributed by atoms with van der Waals surface area (Å²) in [6, 6.07) is 4.99. The first-order valence-electron chi connectivity index (χ1n) is 6.56. The largest absolute Gasteiger partial charge is 0.481 e. The van der Waals surface area contributed by atoms with Gasteiger partial charge < -0.3 is 5.11 Å². The number of carbonyl (C=O) groups is 1. The lowest BCUT2D eigenvalue weighted by Crippen LogP contribution is -2.42. The number of nitrogens with zero attached hydrogens (tertiary/aromatic N) is 1. The van der Waals surface area contributed by atoms with Crippen LogP contribution in [0.4, 0.5) is 13.2 Å². The van der Waals surface area contributed by atoms with E-state index in [-0.39, 0.29) is 12.5 Å². The Bertz CT molecular complexity index is 490. The van der Waals surface area contributed by atoms with Crippen molar-refractivity contribution in [2.75, 3.05) is 18.1 Å². The second kappa shape index (κ2) is 6.70. The molecule has 0 aliphatic carbocycles. The molecule has 1 aromatic rings. The van der Waals surface area contributed by atoms with Crippen molar-refractivity contribution in [3.63, 3.8) is 0 Å². The Kier molecular flexibility index (Phi) is 5.16. The SMILES string of the molecule is O=C(O)CC1CSCCN1Cc1ccc(C(F)(F)F)cc1. The van der Waals surface area contributed by atoms with Gasteiger partial charge in [-0.25, -0.2) is 0 Å². The fraction of sp³-hybridized carbons (Fsp3) is 0.500. The van der Waals surface area contributed by atoms with Crippen LogP contribution in [0.1, 0.15) is 17.5 Å². The van der Waals surface area contributed by atoms with Gasteiger partial charge in [-0.15, -0.1) is 0 Å². The molecule has 1 N–H and O–H groups in total. The highest BCUT2D eigenvalue weighted by Crippen LogP contribution is 2.29. The van der Waals surface area contributed by atoms with Crippen molar-refractivity contribution in [1.29, 1.82) is 0 Å². The Hall–Kier alpha value is -1.21. The highest BCUT2D eigenvalue weighted by atomic mass is 32.2. The number of rotatable bonds is 4. The number of hydrogen-bond donors (Lipinski definition) is 1. The average molecular weight is 319 g/mol. The zero-order valence-electron chi connectivity index (χ0n) is 11.3. The zero-order valence-corrected chi connectivity index (χ0v) is 12.1. The molecule has 1 atom stereocenters. The fourth-order valence-electron chi connectivity index (χ4n) is 2.32. The van der Waals surface area contributed by atoms with E-state index in [9.17, 15) is 18.0 Å². The smallest absolute Gasteiger partial charge is 0.416 e. The molecule has 0 spiro atoms. The number of halogens is 3. The summed E-state index contributed by atoms with van der Waals surface area (Å²) < 4.78 is 37.5. The molecule has 1 saturated heterocycles. The minimum absolute atomic E-state index is 0.0631. The van der Waals surface area contributed by atoms with Gasteiger partial charge in [-0.2, -0.15) is 24.9 Å². The van der Waals surface area contributed by atoms with Crippen LogP contribution in [-0.2, 0) is 17.5 Å². The van der Waals surface area contributed by atoms with E-state index in [2.05, 4.69) is 0 Å². The van der Waals surface area contributed by atoms with Gasteiger partial charge in [0.2, 0.25) is 0 Å². The Balaban J connectivity index is 2.03. The van der Waals surface area contributed by atoms with Crippen molar-refractivity contribution in [2.24, 2.45) is 0 Å². The van der Waals surface area contributed by atoms with Crippen LogP contribution in [0.25, 0.3) is 0 Å². The Morgan fingerprint density at radius 2 is 2.00 bits per heavy atom. The number of thioether (sulfide) groups is 1. The van der Waals surface area contributed by atoms with Crippen LogP contribution < -0.4 is 0 Å². The lowest BCUT2D eigenvalue weighted by Gasteiger charge is -2.34. The predicted octanol–water partition coefficient (Wildman–Crippen LogP) is 3.10. The first-order valence-corrected chi connectivity index (χ1v) is 7.71. The molecule has 0 aromatic heterocycles. The lowest BCUT2D eigenvalue weighted by atomic mass is 10.1. The maximum absolute atomic E-state index is 12.5. The first kappa shape index (κ1) is 16.2. The molecular weight excluding hydrogens is 303 g/mol. The van der Waals surface area contributed by atoms with Crippen LogP contribution in [0.2, 0.25) is 0 Å². The highest BCUT2D eigenvalue weighted by Gasteiger charge is 2.30. The second-order valence-corrected chi connectivity index (χ2v) is 6.14. The summed E-state index contributed by atoms with van der Waals surface area (Å²) >= 11 is 1.71. The maximum Gasteiger partial charge on any atom is 0.416 e. The second-order valence-electron chi connectivity index (χ2n) is 4.99. The average Bonchev–Trinajstić information content (AvgIpc) is 2.40. The Labute approximate surface area is 125 Å². The van der Waals surface area contributed by atoms with E-state index in [1.54, 1.807) is 11.8 Å². The van der Waals surface area contributed by atoms with Gasteiger partial charge in [0, 0.05) is 30.6 Å². The molecule has 7 heteroatoms. The van der Waals surface area contributed by atoms with Crippen LogP contribution in [-0.4, -0.2) is 40.1 Å². The molecule has 1 fully saturated rings. The van der Waals surface area contributed by atoms with Gasteiger partial charge >= 0.3 is 12.1 Å². The van der Waals surface area contributed by atoms with E-state index in [0.29, 0.717) is 6.54 Å². The molecular formula is C14H16F3NO2S. The van der Waals surface area contributed by atoms with Gasteiger partial charge in [-0.05, 0) is 17.7 Å². The summed E-state index contributed by atoms with van der Waals surface area (Å²) in [6.07, 6.45) is -4.26. The summed E-state index contributed by atoms with van der Waals surface area (Å²) in [7, 11) is 0. The van der Waals surface area contributed by atoms with Gasteiger partial charge in [0.15, 0.2) is 0 Å². The third-order valence-electron chi connectivity index (χ3n) is 3.43. The van der Waals surface area contributed by atoms with Gasteiger partial charge in [0.05, 0.1) is 12.0 Å². The van der Waals surface area contributed by atoms with Crippen LogP contribution in [0.3, 0.4) is 0 Å². The van der Waals surface area contributed by atoms with Gasteiger partial charge in [-0.3, -0.25) is 9.69 Å². The number of benzene rings is 1. The molecule has 0 saturated carbocycles. The van der Waals surface area contributed by atoms with E-state index in [4.69, 9.17) is 5.11 Å². The van der Waals surface area contributed by atoms with Crippen LogP contribution in [0.15, 0.2) is 24.3 Å². The molecule has 1 unspecified atom stereocenters. The topological polar surface area (TPSA) is 40.5 Å². The quantitative estimate of drug-likeness (QED) is 0.926. The van der Waals surface area contributed by atoms with Crippen LogP contribution in [0, 0.1) is 0 Å². The summed E-state index contributed by atoms with van der Waals surface area (Å²) in [5.74, 6) is 0.809. The van der Waals surface area contributed by atoms with E-state index in [1.165, 1.54) is 12.1 Å². The third-order valence-corrected chi connectivity index (χ3v) is 4.52. The minimum Gasteiger partial charge on any atom is -0.481 e. The Morgan fingerprint density at radius 1 is 1.33 bits per heavy atom. The van der Waals surface area contributed by atoms with Crippen LogP contribution in [0.5, 0.6) is 0 Å². The maximum atomic E-state index is 12.5. The summed E-state index contributed by atoms with van der Waals surface area (Å²) in [6.45, 7) is 1.24. The van der Waals surface area contributed by atoms with Crippen molar-refractivity contribution >= 4 is 17.7 Å². The minimum atomic E-state index is -4.33. The molecule has 1 aliphatic rings. The number of alkyl halides is 3. The molecule has 1 aliphatic heterocycles. The number of carboxylic acids is 1. The van der Waals surface area contributed by atoms with Crippen LogP contribution >= 0.6 is 11.8 Å². The fourth-order valence-corrected chi connectivity index (χ4v) is 3.45. The van der Waals surface area contributed by atoms with Crippen molar-refractivity contribution in [3.8, 4) is 0 Å². The number of aliphatic carboxylic acids is 1. The molecule has 1 heterocycles. The highest BCUT2D eigenvalue weighted by molar-refractivity contribution is 7.99. The summed E-state index contributed by atoms with van der Waals surface area (Å²) in [5, 5.41) is 8.91. The van der Waals surface area contributed by atoms with E-state index < -0.39 is 17.7 Å². The molecule has 0 radical (unpaired) electrons. The van der Waals surface area contributed by atoms with Crippen molar-refractivity contribution < 1.29 is 23.1 Å². The number of hydrogen-bond acceptors (Lipinski definition) is 3. The molecule has 0 bridgehead atoms. The van der Waals surface area contributed by atoms with Crippen molar-refractivity contribution in [2.45, 2.75) is 25.2 Å². The summed E-state index contributed by atoms with van der Waals surface area (Å²) in [4.78, 5) is 12.9. The van der Waals surface area contributed by atoms with Crippen molar-refractivity contribution in [3.05, 3.63) is 35.4 Å². The lowest BCUT2D eigenvalue weighted by molar-refractivity contribution is -0.139. The molecule has 116 valence electrons. The standard InChI is InChI=1S/C14H16F3NO2S/c15-14(16,17)11-3-1-10(2-4-11)8-18-5-6-21-9-12(18)7-13(19)20/h1-4,12H,5-9H2,(H,19,20). The molecule has 2 rings (SSSR count). The van der Waals surface area contributed by atoms with Gasteiger partial charge in [-0.1, -0.05) is 12.1 Å². The molecule has 21 heavy (non-hydrogen) atoms. The van der Waals surface area contributed by atoms with Gasteiger partial charge in [0.25, 0.3) is 0 Å². The van der Waals surface area contributed by atoms with Gasteiger partial charge in [0.1, 0.15) is 0 Å². The molecule has 0 amide bonds. The monoisotopic (exact) mass is 319 g/mol. The van der Waals surface area contributed by atoms with E-state index >= 15 is 0 Å². The third kappa shape index (κ3) is 4.64. The zero-order chi connectivity index (χ0) is 15.5. The molecule has 3 nitrogen and oxygen atoms in total. The van der Waals surface area contributed by atoms with E-state index in [1.807, 2.05) is 4.90 Å². The van der Waals surface area contributed by atoms with Crippen molar-refractivity contribution in [1.82, 2.24) is 4.90 Å². The number of carboxylic acid groups (broad SMARTS) is 1. The normalized spacial score (nSPS) is 20.4. The van der Waals surface area contributed by atoms with E-state index in [0.717, 1.165) is 35.7 Å². The molecule has 1 aromatic carbocycles. The predicted molar refractivity (Wildman–Crippen MR) is 75.2 cm³/mol. The summed E-state index contributed by atoms with van der Waals surface area (Å²) in [5.41, 5.74) is 0.104. The Morgan fingerprint density at radius 3 is 2.57 bits per heavy atom.